The summed E-state index contributed by atoms with van der Waals surface area (Å²) in [4.78, 5) is -0.233. The van der Waals surface area contributed by atoms with Gasteiger partial charge in [-0.15, -0.1) is 0 Å². The topological polar surface area (TPSA) is 60.2 Å². The van der Waals surface area contributed by atoms with Crippen LogP contribution in [0.2, 0.25) is 0 Å². The first-order valence-corrected chi connectivity index (χ1v) is 7.12. The smallest absolute Gasteiger partial charge is 0.175 e. The lowest BCUT2D eigenvalue weighted by Crippen LogP contribution is -2.44. The summed E-state index contributed by atoms with van der Waals surface area (Å²) in [5.74, 6) is -2.21. The molecule has 1 fully saturated rings. The molecular weight excluding hydrogens is 248 g/mol. The van der Waals surface area contributed by atoms with Gasteiger partial charge in [0.05, 0.1) is 4.90 Å². The normalized spacial score (nSPS) is 18.8. The van der Waals surface area contributed by atoms with Crippen molar-refractivity contribution in [2.45, 2.75) is 29.7 Å². The first-order chi connectivity index (χ1) is 7.74. The Labute approximate surface area is 98.5 Å². The molecule has 1 aliphatic rings. The second-order valence-electron chi connectivity index (χ2n) is 4.55. The molecule has 1 saturated carbocycles. The summed E-state index contributed by atoms with van der Waals surface area (Å²) in [6, 6.07) is 1.84. The van der Waals surface area contributed by atoms with Crippen molar-refractivity contribution in [1.29, 1.82) is 0 Å². The van der Waals surface area contributed by atoms with Crippen LogP contribution in [0.25, 0.3) is 0 Å². The minimum Gasteiger partial charge on any atom is -0.321 e. The van der Waals surface area contributed by atoms with E-state index in [9.17, 15) is 17.2 Å². The molecule has 1 aliphatic carbocycles. The lowest BCUT2D eigenvalue weighted by Gasteiger charge is -2.38. The SMILES string of the molecule is CS(=O)(=O)c1cc(F)c(F)c(C2(N)CCC2)c1. The molecular formula is C11H13F2NO2S. The van der Waals surface area contributed by atoms with E-state index in [1.807, 2.05) is 0 Å². The number of hydrogen-bond acceptors (Lipinski definition) is 3. The van der Waals surface area contributed by atoms with Crippen molar-refractivity contribution in [3.05, 3.63) is 29.3 Å². The lowest BCUT2D eigenvalue weighted by molar-refractivity contribution is 0.241. The molecule has 0 bridgehead atoms. The fourth-order valence-electron chi connectivity index (χ4n) is 1.97. The maximum absolute atomic E-state index is 13.6. The van der Waals surface area contributed by atoms with E-state index in [2.05, 4.69) is 0 Å². The van der Waals surface area contributed by atoms with Gasteiger partial charge < -0.3 is 5.73 Å². The molecule has 0 aliphatic heterocycles. The fourth-order valence-corrected chi connectivity index (χ4v) is 2.62. The molecule has 0 spiro atoms. The highest BCUT2D eigenvalue weighted by Gasteiger charge is 2.38. The van der Waals surface area contributed by atoms with Gasteiger partial charge >= 0.3 is 0 Å². The van der Waals surface area contributed by atoms with Crippen molar-refractivity contribution < 1.29 is 17.2 Å². The van der Waals surface area contributed by atoms with Crippen molar-refractivity contribution in [1.82, 2.24) is 0 Å². The molecule has 0 unspecified atom stereocenters. The maximum atomic E-state index is 13.6. The molecule has 0 radical (unpaired) electrons. The number of nitrogens with two attached hydrogens (primary N) is 1. The van der Waals surface area contributed by atoms with E-state index in [0.29, 0.717) is 18.9 Å². The number of halogens is 2. The van der Waals surface area contributed by atoms with Crippen LogP contribution >= 0.6 is 0 Å². The number of sulfone groups is 1. The summed E-state index contributed by atoms with van der Waals surface area (Å²) in [6.07, 6.45) is 2.86. The zero-order chi connectivity index (χ0) is 12.8. The Morgan fingerprint density at radius 2 is 1.88 bits per heavy atom. The molecule has 94 valence electrons. The zero-order valence-corrected chi connectivity index (χ0v) is 10.2. The lowest BCUT2D eigenvalue weighted by atomic mass is 9.72. The molecule has 6 heteroatoms. The van der Waals surface area contributed by atoms with E-state index in [0.717, 1.165) is 18.7 Å². The first-order valence-electron chi connectivity index (χ1n) is 5.22. The van der Waals surface area contributed by atoms with Gasteiger partial charge in [-0.1, -0.05) is 0 Å². The van der Waals surface area contributed by atoms with Gasteiger partial charge in [0, 0.05) is 17.4 Å². The van der Waals surface area contributed by atoms with E-state index in [-0.39, 0.29) is 10.5 Å². The van der Waals surface area contributed by atoms with Crippen LogP contribution in [0.15, 0.2) is 17.0 Å². The highest BCUT2D eigenvalue weighted by molar-refractivity contribution is 7.90. The second-order valence-corrected chi connectivity index (χ2v) is 6.56. The monoisotopic (exact) mass is 261 g/mol. The summed E-state index contributed by atoms with van der Waals surface area (Å²) >= 11 is 0. The summed E-state index contributed by atoms with van der Waals surface area (Å²) in [5.41, 5.74) is 4.94. The molecule has 0 amide bonds. The quantitative estimate of drug-likeness (QED) is 0.824. The Morgan fingerprint density at radius 3 is 2.29 bits per heavy atom. The number of rotatable bonds is 2. The van der Waals surface area contributed by atoms with Gasteiger partial charge in [0.15, 0.2) is 21.5 Å². The number of benzene rings is 1. The summed E-state index contributed by atoms with van der Waals surface area (Å²) in [5, 5.41) is 0. The van der Waals surface area contributed by atoms with Gasteiger partial charge in [-0.05, 0) is 31.4 Å². The van der Waals surface area contributed by atoms with E-state index in [1.54, 1.807) is 0 Å². The van der Waals surface area contributed by atoms with Crippen LogP contribution in [0.5, 0.6) is 0 Å². The second kappa shape index (κ2) is 3.74. The van der Waals surface area contributed by atoms with Crippen LogP contribution < -0.4 is 5.73 Å². The standard InChI is InChI=1S/C11H13F2NO2S/c1-17(15,16)7-5-8(10(13)9(12)6-7)11(14)3-2-4-11/h5-6H,2-4,14H2,1H3. The molecule has 0 heterocycles. The summed E-state index contributed by atoms with van der Waals surface area (Å²) < 4.78 is 49.7. The fraction of sp³-hybridized carbons (Fsp3) is 0.455. The van der Waals surface area contributed by atoms with E-state index in [4.69, 9.17) is 5.73 Å². The van der Waals surface area contributed by atoms with Crippen molar-refractivity contribution in [3.8, 4) is 0 Å². The first kappa shape index (κ1) is 12.4. The molecule has 2 rings (SSSR count). The zero-order valence-electron chi connectivity index (χ0n) is 9.33. The van der Waals surface area contributed by atoms with Gasteiger partial charge in [-0.25, -0.2) is 17.2 Å². The average Bonchev–Trinajstić information content (AvgIpc) is 2.17. The maximum Gasteiger partial charge on any atom is 0.175 e. The van der Waals surface area contributed by atoms with Gasteiger partial charge in [0.1, 0.15) is 0 Å². The molecule has 2 N–H and O–H groups in total. The minimum absolute atomic E-state index is 0.0378. The van der Waals surface area contributed by atoms with Crippen LogP contribution in [0, 0.1) is 11.6 Å². The van der Waals surface area contributed by atoms with Crippen molar-refractivity contribution in [2.75, 3.05) is 6.26 Å². The van der Waals surface area contributed by atoms with Gasteiger partial charge in [-0.2, -0.15) is 0 Å². The van der Waals surface area contributed by atoms with Gasteiger partial charge in [0.2, 0.25) is 0 Å². The van der Waals surface area contributed by atoms with E-state index >= 15 is 0 Å². The van der Waals surface area contributed by atoms with E-state index < -0.39 is 27.0 Å². The van der Waals surface area contributed by atoms with Gasteiger partial charge in [0.25, 0.3) is 0 Å². The van der Waals surface area contributed by atoms with Crippen LogP contribution in [-0.4, -0.2) is 14.7 Å². The Bertz CT molecular complexity index is 565. The summed E-state index contributed by atoms with van der Waals surface area (Å²) in [6.45, 7) is 0. The van der Waals surface area contributed by atoms with Crippen molar-refractivity contribution >= 4 is 9.84 Å². The highest BCUT2D eigenvalue weighted by Crippen LogP contribution is 2.41. The average molecular weight is 261 g/mol. The third-order valence-electron chi connectivity index (χ3n) is 3.21. The predicted octanol–water partition coefficient (Wildman–Crippen LogP) is 1.71. The van der Waals surface area contributed by atoms with Crippen LogP contribution in [0.3, 0.4) is 0 Å². The molecule has 3 nitrogen and oxygen atoms in total. The van der Waals surface area contributed by atoms with Crippen LogP contribution in [-0.2, 0) is 15.4 Å². The number of hydrogen-bond donors (Lipinski definition) is 1. The highest BCUT2D eigenvalue weighted by atomic mass is 32.2. The Hall–Kier alpha value is -1.01. The van der Waals surface area contributed by atoms with Crippen molar-refractivity contribution in [3.63, 3.8) is 0 Å². The predicted molar refractivity (Wildman–Crippen MR) is 59.2 cm³/mol. The molecule has 17 heavy (non-hydrogen) atoms. The molecule has 0 atom stereocenters. The Morgan fingerprint density at radius 1 is 1.29 bits per heavy atom. The minimum atomic E-state index is -3.57. The third kappa shape index (κ3) is 2.07. The molecule has 1 aromatic carbocycles. The van der Waals surface area contributed by atoms with Crippen LogP contribution in [0.1, 0.15) is 24.8 Å². The molecule has 1 aromatic rings. The summed E-state index contributed by atoms with van der Waals surface area (Å²) in [7, 11) is -3.57. The Balaban J connectivity index is 2.63. The Kier molecular flexibility index (Phi) is 2.74. The van der Waals surface area contributed by atoms with E-state index in [1.165, 1.54) is 0 Å². The molecule has 0 saturated heterocycles. The van der Waals surface area contributed by atoms with Gasteiger partial charge in [-0.3, -0.25) is 0 Å². The third-order valence-corrected chi connectivity index (χ3v) is 4.30. The van der Waals surface area contributed by atoms with Crippen molar-refractivity contribution in [2.24, 2.45) is 5.73 Å². The largest absolute Gasteiger partial charge is 0.321 e. The molecule has 0 aromatic heterocycles. The van der Waals surface area contributed by atoms with Crippen LogP contribution in [0.4, 0.5) is 8.78 Å².